The molecule has 0 bridgehead atoms. The summed E-state index contributed by atoms with van der Waals surface area (Å²) in [6, 6.07) is 19.0. The summed E-state index contributed by atoms with van der Waals surface area (Å²) in [5.74, 6) is 0. The van der Waals surface area contributed by atoms with Gasteiger partial charge in [-0.3, -0.25) is 0 Å². The highest BCUT2D eigenvalue weighted by atomic mass is 15.2. The molecule has 1 N–H and O–H groups in total. The van der Waals surface area contributed by atoms with Crippen LogP contribution in [0.4, 0.5) is 5.69 Å². The molecule has 1 fully saturated rings. The van der Waals surface area contributed by atoms with E-state index in [-0.39, 0.29) is 0 Å². The molecule has 0 aliphatic carbocycles. The molecule has 21 heavy (non-hydrogen) atoms. The number of rotatable bonds is 2. The molecule has 1 saturated heterocycles. The fraction of sp³-hybridized carbons (Fsp3) is 0.368. The molecule has 0 amide bonds. The summed E-state index contributed by atoms with van der Waals surface area (Å²) in [5.41, 5.74) is 5.91. The summed E-state index contributed by atoms with van der Waals surface area (Å²) in [6.07, 6.45) is 2.27. The van der Waals surface area contributed by atoms with Crippen LogP contribution in [-0.2, 0) is 6.42 Å². The van der Waals surface area contributed by atoms with Gasteiger partial charge in [0.05, 0.1) is 6.04 Å². The first-order valence-electron chi connectivity index (χ1n) is 8.02. The third kappa shape index (κ3) is 2.14. The molecule has 2 aliphatic heterocycles. The van der Waals surface area contributed by atoms with Gasteiger partial charge < -0.3 is 10.2 Å². The number of fused-ring (bicyclic) bond motifs is 5. The number of nitrogens with zero attached hydrogens (tertiary/aromatic N) is 1. The number of benzene rings is 2. The average Bonchev–Trinajstić information content (AvgIpc) is 2.87. The van der Waals surface area contributed by atoms with E-state index in [1.807, 2.05) is 0 Å². The molecule has 2 aromatic rings. The molecule has 0 radical (unpaired) electrons. The van der Waals surface area contributed by atoms with E-state index >= 15 is 0 Å². The molecule has 2 nitrogen and oxygen atoms in total. The highest BCUT2D eigenvalue weighted by molar-refractivity contribution is 5.61. The summed E-state index contributed by atoms with van der Waals surface area (Å²) in [7, 11) is 0. The summed E-state index contributed by atoms with van der Waals surface area (Å²) in [6.45, 7) is 4.36. The Morgan fingerprint density at radius 1 is 1.05 bits per heavy atom. The van der Waals surface area contributed by atoms with Crippen molar-refractivity contribution in [2.45, 2.75) is 31.8 Å². The van der Waals surface area contributed by atoms with Crippen molar-refractivity contribution in [1.82, 2.24) is 5.32 Å². The molecule has 2 atom stereocenters. The lowest BCUT2D eigenvalue weighted by atomic mass is 9.95. The highest BCUT2D eigenvalue weighted by Crippen LogP contribution is 2.42. The summed E-state index contributed by atoms with van der Waals surface area (Å²) >= 11 is 0. The minimum absolute atomic E-state index is 0.522. The van der Waals surface area contributed by atoms with E-state index in [4.69, 9.17) is 0 Å². The molecule has 0 saturated carbocycles. The van der Waals surface area contributed by atoms with E-state index in [0.29, 0.717) is 12.1 Å². The maximum atomic E-state index is 3.64. The van der Waals surface area contributed by atoms with Gasteiger partial charge in [-0.25, -0.2) is 0 Å². The first-order valence-corrected chi connectivity index (χ1v) is 8.02. The zero-order valence-electron chi connectivity index (χ0n) is 12.5. The Morgan fingerprint density at radius 2 is 1.81 bits per heavy atom. The van der Waals surface area contributed by atoms with Gasteiger partial charge >= 0.3 is 0 Å². The Balaban J connectivity index is 1.83. The minimum atomic E-state index is 0.522. The topological polar surface area (TPSA) is 15.3 Å². The monoisotopic (exact) mass is 278 g/mol. The molecule has 2 heteroatoms. The van der Waals surface area contributed by atoms with Crippen LogP contribution in [0.15, 0.2) is 48.5 Å². The van der Waals surface area contributed by atoms with Crippen molar-refractivity contribution < 1.29 is 0 Å². The minimum Gasteiger partial charge on any atom is -0.363 e. The van der Waals surface area contributed by atoms with Gasteiger partial charge in [0.2, 0.25) is 0 Å². The summed E-state index contributed by atoms with van der Waals surface area (Å²) < 4.78 is 0. The van der Waals surface area contributed by atoms with E-state index in [2.05, 4.69) is 65.7 Å². The molecule has 0 spiro atoms. The maximum Gasteiger partial charge on any atom is 0.0561 e. The Bertz CT molecular complexity index is 596. The first kappa shape index (κ1) is 12.9. The molecule has 108 valence electrons. The van der Waals surface area contributed by atoms with Crippen molar-refractivity contribution in [2.24, 2.45) is 0 Å². The summed E-state index contributed by atoms with van der Waals surface area (Å²) in [4.78, 5) is 2.62. The zero-order valence-corrected chi connectivity index (χ0v) is 12.5. The van der Waals surface area contributed by atoms with Crippen LogP contribution in [0.3, 0.4) is 0 Å². The number of hydrogen-bond donors (Lipinski definition) is 1. The van der Waals surface area contributed by atoms with E-state index < -0.39 is 0 Å². The lowest BCUT2D eigenvalue weighted by Crippen LogP contribution is -2.32. The van der Waals surface area contributed by atoms with Crippen LogP contribution < -0.4 is 10.2 Å². The lowest BCUT2D eigenvalue weighted by molar-refractivity contribution is 0.553. The van der Waals surface area contributed by atoms with Gasteiger partial charge in [-0.15, -0.1) is 0 Å². The van der Waals surface area contributed by atoms with Crippen LogP contribution in [0, 0.1) is 0 Å². The molecule has 4 rings (SSSR count). The molecule has 2 aliphatic rings. The van der Waals surface area contributed by atoms with Crippen LogP contribution >= 0.6 is 0 Å². The van der Waals surface area contributed by atoms with Gasteiger partial charge in [-0.2, -0.15) is 0 Å². The number of nitrogens with one attached hydrogen (secondary N) is 1. The smallest absolute Gasteiger partial charge is 0.0561 e. The SMILES string of the molecule is CCNC1CC2c3ccccc3Cc3ccccc3N2C1. The van der Waals surface area contributed by atoms with Crippen molar-refractivity contribution in [1.29, 1.82) is 0 Å². The Hall–Kier alpha value is -1.80. The maximum absolute atomic E-state index is 3.64. The van der Waals surface area contributed by atoms with Crippen LogP contribution in [0.5, 0.6) is 0 Å². The lowest BCUT2D eigenvalue weighted by Gasteiger charge is -2.27. The van der Waals surface area contributed by atoms with Crippen molar-refractivity contribution in [2.75, 3.05) is 18.0 Å². The van der Waals surface area contributed by atoms with Gasteiger partial charge in [0.25, 0.3) is 0 Å². The molecule has 0 aromatic heterocycles. The van der Waals surface area contributed by atoms with Crippen molar-refractivity contribution in [3.05, 3.63) is 65.2 Å². The quantitative estimate of drug-likeness (QED) is 0.904. The molecular formula is C19H22N2. The molecule has 2 heterocycles. The van der Waals surface area contributed by atoms with E-state index in [1.54, 1.807) is 0 Å². The number of para-hydroxylation sites is 1. The first-order chi connectivity index (χ1) is 10.4. The van der Waals surface area contributed by atoms with Gasteiger partial charge in [0, 0.05) is 18.3 Å². The Morgan fingerprint density at radius 3 is 2.67 bits per heavy atom. The summed E-state index contributed by atoms with van der Waals surface area (Å²) in [5, 5.41) is 3.64. The number of hydrogen-bond acceptors (Lipinski definition) is 2. The third-order valence-electron chi connectivity index (χ3n) is 4.89. The third-order valence-corrected chi connectivity index (χ3v) is 4.89. The van der Waals surface area contributed by atoms with Gasteiger partial charge in [-0.05, 0) is 42.1 Å². The van der Waals surface area contributed by atoms with Gasteiger partial charge in [-0.1, -0.05) is 49.4 Å². The van der Waals surface area contributed by atoms with Crippen LogP contribution in [-0.4, -0.2) is 19.1 Å². The predicted molar refractivity (Wildman–Crippen MR) is 87.9 cm³/mol. The second-order valence-electron chi connectivity index (χ2n) is 6.16. The second kappa shape index (κ2) is 5.19. The Kier molecular flexibility index (Phi) is 3.19. The average molecular weight is 278 g/mol. The van der Waals surface area contributed by atoms with Crippen LogP contribution in [0.25, 0.3) is 0 Å². The fourth-order valence-corrected chi connectivity index (χ4v) is 4.00. The molecule has 2 unspecified atom stereocenters. The Labute approximate surface area is 126 Å². The second-order valence-corrected chi connectivity index (χ2v) is 6.16. The van der Waals surface area contributed by atoms with Gasteiger partial charge in [0.1, 0.15) is 0 Å². The fourth-order valence-electron chi connectivity index (χ4n) is 4.00. The van der Waals surface area contributed by atoms with E-state index in [0.717, 1.165) is 19.5 Å². The molecular weight excluding hydrogens is 256 g/mol. The van der Waals surface area contributed by atoms with Gasteiger partial charge in [0.15, 0.2) is 0 Å². The largest absolute Gasteiger partial charge is 0.363 e. The number of anilines is 1. The van der Waals surface area contributed by atoms with Crippen molar-refractivity contribution in [3.8, 4) is 0 Å². The predicted octanol–water partition coefficient (Wildman–Crippen LogP) is 3.52. The normalized spacial score (nSPS) is 23.2. The van der Waals surface area contributed by atoms with Crippen molar-refractivity contribution >= 4 is 5.69 Å². The standard InChI is InChI=1S/C19H22N2/c1-2-20-16-12-19-17-9-5-3-7-14(17)11-15-8-4-6-10-18(15)21(19)13-16/h3-10,16,19-20H,2,11-13H2,1H3. The number of likely N-dealkylation sites (N-methyl/N-ethyl adjacent to an activating group) is 1. The van der Waals surface area contributed by atoms with Crippen LogP contribution in [0.1, 0.15) is 36.1 Å². The van der Waals surface area contributed by atoms with E-state index in [1.165, 1.54) is 28.8 Å². The van der Waals surface area contributed by atoms with Crippen LogP contribution in [0.2, 0.25) is 0 Å². The van der Waals surface area contributed by atoms with Crippen molar-refractivity contribution in [3.63, 3.8) is 0 Å². The molecule has 2 aromatic carbocycles. The highest BCUT2D eigenvalue weighted by Gasteiger charge is 2.36. The van der Waals surface area contributed by atoms with E-state index in [9.17, 15) is 0 Å². The zero-order chi connectivity index (χ0) is 14.2.